The number of rotatable bonds is 6. The third-order valence-electron chi connectivity index (χ3n) is 4.67. The highest BCUT2D eigenvalue weighted by Gasteiger charge is 2.08. The van der Waals surface area contributed by atoms with E-state index in [1.807, 2.05) is 24.3 Å². The summed E-state index contributed by atoms with van der Waals surface area (Å²) in [5.41, 5.74) is 2.56. The molecule has 0 saturated carbocycles. The minimum atomic E-state index is -0.164. The van der Waals surface area contributed by atoms with Crippen molar-refractivity contribution in [3.05, 3.63) is 115 Å². The Morgan fingerprint density at radius 1 is 0.515 bits per heavy atom. The lowest BCUT2D eigenvalue weighted by atomic mass is 10.2. The molecule has 2 N–H and O–H groups in total. The van der Waals surface area contributed by atoms with Gasteiger partial charge in [0.1, 0.15) is 11.5 Å². The van der Waals surface area contributed by atoms with E-state index in [9.17, 15) is 9.59 Å². The van der Waals surface area contributed by atoms with Crippen molar-refractivity contribution in [3.8, 4) is 11.5 Å². The molecule has 0 saturated heterocycles. The van der Waals surface area contributed by atoms with Crippen molar-refractivity contribution < 1.29 is 14.3 Å². The number of benzene rings is 4. The molecule has 0 aliphatic rings. The third-order valence-corrected chi connectivity index (χ3v) is 6.11. The van der Waals surface area contributed by atoms with E-state index in [0.717, 1.165) is 7.14 Å². The molecule has 0 radical (unpaired) electrons. The van der Waals surface area contributed by atoms with Gasteiger partial charge < -0.3 is 15.4 Å². The SMILES string of the molecule is O=C(Nc1ccc(Oc2ccc(NC(=O)c3ccc(I)cc3)cc2)cc1)c1ccc(I)cc1. The van der Waals surface area contributed by atoms with Gasteiger partial charge in [0.15, 0.2) is 0 Å². The van der Waals surface area contributed by atoms with E-state index in [0.29, 0.717) is 34.0 Å². The Hall–Kier alpha value is -2.92. The topological polar surface area (TPSA) is 67.4 Å². The Kier molecular flexibility index (Phi) is 7.61. The number of halogens is 2. The number of carbonyl (C=O) groups is 2. The third kappa shape index (κ3) is 6.55. The number of hydrogen-bond acceptors (Lipinski definition) is 3. The normalized spacial score (nSPS) is 10.4. The van der Waals surface area contributed by atoms with Gasteiger partial charge in [0, 0.05) is 29.6 Å². The predicted octanol–water partition coefficient (Wildman–Crippen LogP) is 7.19. The Labute approximate surface area is 218 Å². The molecule has 4 aromatic carbocycles. The Morgan fingerprint density at radius 2 is 0.848 bits per heavy atom. The maximum absolute atomic E-state index is 12.3. The molecule has 2 amide bonds. The zero-order chi connectivity index (χ0) is 23.2. The lowest BCUT2D eigenvalue weighted by Gasteiger charge is -2.10. The lowest BCUT2D eigenvalue weighted by Crippen LogP contribution is -2.11. The van der Waals surface area contributed by atoms with Crippen LogP contribution in [0.2, 0.25) is 0 Å². The van der Waals surface area contributed by atoms with Crippen LogP contribution >= 0.6 is 45.2 Å². The Bertz CT molecular complexity index is 1150. The van der Waals surface area contributed by atoms with Gasteiger partial charge in [-0.3, -0.25) is 9.59 Å². The number of ether oxygens (including phenoxy) is 1. The first kappa shape index (κ1) is 23.2. The second-order valence-electron chi connectivity index (χ2n) is 7.07. The number of carbonyl (C=O) groups excluding carboxylic acids is 2. The van der Waals surface area contributed by atoms with E-state index in [1.54, 1.807) is 72.8 Å². The van der Waals surface area contributed by atoms with Crippen molar-refractivity contribution in [2.24, 2.45) is 0 Å². The van der Waals surface area contributed by atoms with Crippen molar-refractivity contribution in [1.82, 2.24) is 0 Å². The quantitative estimate of drug-likeness (QED) is 0.215. The van der Waals surface area contributed by atoms with Gasteiger partial charge >= 0.3 is 0 Å². The van der Waals surface area contributed by atoms with Crippen LogP contribution in [0.25, 0.3) is 0 Å². The van der Waals surface area contributed by atoms with Crippen LogP contribution in [0.4, 0.5) is 11.4 Å². The first-order valence-corrected chi connectivity index (χ1v) is 12.1. The first-order valence-electron chi connectivity index (χ1n) is 9.98. The summed E-state index contributed by atoms with van der Waals surface area (Å²) < 4.78 is 8.02. The van der Waals surface area contributed by atoms with Gasteiger partial charge in [0.25, 0.3) is 11.8 Å². The predicted molar refractivity (Wildman–Crippen MR) is 147 cm³/mol. The minimum absolute atomic E-state index is 0.164. The second kappa shape index (κ2) is 10.8. The molecule has 0 aliphatic heterocycles. The molecule has 164 valence electrons. The molecule has 0 spiro atoms. The fraction of sp³-hybridized carbons (Fsp3) is 0. The fourth-order valence-corrected chi connectivity index (χ4v) is 3.68. The van der Waals surface area contributed by atoms with E-state index >= 15 is 0 Å². The van der Waals surface area contributed by atoms with E-state index < -0.39 is 0 Å². The average molecular weight is 660 g/mol. The summed E-state index contributed by atoms with van der Waals surface area (Å²) >= 11 is 4.40. The van der Waals surface area contributed by atoms with Crippen molar-refractivity contribution in [2.75, 3.05) is 10.6 Å². The lowest BCUT2D eigenvalue weighted by molar-refractivity contribution is 0.101. The van der Waals surface area contributed by atoms with Crippen LogP contribution in [0.1, 0.15) is 20.7 Å². The zero-order valence-electron chi connectivity index (χ0n) is 17.2. The van der Waals surface area contributed by atoms with E-state index in [-0.39, 0.29) is 11.8 Å². The summed E-state index contributed by atoms with van der Waals surface area (Å²) in [6.07, 6.45) is 0. The molecule has 7 heteroatoms. The number of hydrogen-bond donors (Lipinski definition) is 2. The van der Waals surface area contributed by atoms with Crippen LogP contribution in [-0.4, -0.2) is 11.8 Å². The van der Waals surface area contributed by atoms with Crippen LogP contribution in [0.5, 0.6) is 11.5 Å². The van der Waals surface area contributed by atoms with E-state index in [4.69, 9.17) is 4.74 Å². The molecule has 0 heterocycles. The number of anilines is 2. The molecular formula is C26H18I2N2O3. The molecule has 4 aromatic rings. The second-order valence-corrected chi connectivity index (χ2v) is 9.56. The van der Waals surface area contributed by atoms with Crippen LogP contribution in [0, 0.1) is 7.14 Å². The molecule has 0 aliphatic carbocycles. The highest BCUT2D eigenvalue weighted by molar-refractivity contribution is 14.1. The maximum Gasteiger partial charge on any atom is 0.255 e. The Morgan fingerprint density at radius 3 is 1.18 bits per heavy atom. The standard InChI is InChI=1S/C26H18I2N2O3/c27-19-5-1-17(2-6-19)25(31)29-21-9-13-23(14-10-21)33-24-15-11-22(12-16-24)30-26(32)18-3-7-20(28)8-4-18/h1-16H,(H,29,31)(H,30,32). The molecular weight excluding hydrogens is 642 g/mol. The maximum atomic E-state index is 12.3. The van der Waals surface area contributed by atoms with E-state index in [2.05, 4.69) is 55.8 Å². The highest BCUT2D eigenvalue weighted by Crippen LogP contribution is 2.25. The summed E-state index contributed by atoms with van der Waals surface area (Å²) in [6.45, 7) is 0. The average Bonchev–Trinajstić information content (AvgIpc) is 2.82. The van der Waals surface area contributed by atoms with Gasteiger partial charge in [0.05, 0.1) is 0 Å². The summed E-state index contributed by atoms with van der Waals surface area (Å²) in [5.74, 6) is 0.946. The fourth-order valence-electron chi connectivity index (χ4n) is 2.96. The largest absolute Gasteiger partial charge is 0.457 e. The molecule has 5 nitrogen and oxygen atoms in total. The molecule has 0 fully saturated rings. The summed E-state index contributed by atoms with van der Waals surface area (Å²) in [7, 11) is 0. The molecule has 33 heavy (non-hydrogen) atoms. The zero-order valence-corrected chi connectivity index (χ0v) is 21.5. The Balaban J connectivity index is 1.33. The monoisotopic (exact) mass is 660 g/mol. The van der Waals surface area contributed by atoms with Crippen LogP contribution in [0.3, 0.4) is 0 Å². The molecule has 0 aromatic heterocycles. The van der Waals surface area contributed by atoms with Crippen molar-refractivity contribution in [2.45, 2.75) is 0 Å². The summed E-state index contributed by atoms with van der Waals surface area (Å²) in [4.78, 5) is 24.7. The van der Waals surface area contributed by atoms with E-state index in [1.165, 1.54) is 0 Å². The van der Waals surface area contributed by atoms with Crippen LogP contribution in [-0.2, 0) is 0 Å². The highest BCUT2D eigenvalue weighted by atomic mass is 127. The van der Waals surface area contributed by atoms with Gasteiger partial charge in [-0.25, -0.2) is 0 Å². The van der Waals surface area contributed by atoms with Crippen LogP contribution in [0.15, 0.2) is 97.1 Å². The first-order chi connectivity index (χ1) is 16.0. The molecule has 0 unspecified atom stereocenters. The summed E-state index contributed by atoms with van der Waals surface area (Å²) in [5, 5.41) is 5.75. The smallest absolute Gasteiger partial charge is 0.255 e. The van der Waals surface area contributed by atoms with Gasteiger partial charge in [-0.2, -0.15) is 0 Å². The van der Waals surface area contributed by atoms with Crippen molar-refractivity contribution >= 4 is 68.4 Å². The van der Waals surface area contributed by atoms with Gasteiger partial charge in [-0.15, -0.1) is 0 Å². The summed E-state index contributed by atoms with van der Waals surface area (Å²) in [6, 6.07) is 29.0. The molecule has 0 bridgehead atoms. The minimum Gasteiger partial charge on any atom is -0.457 e. The van der Waals surface area contributed by atoms with Gasteiger partial charge in [-0.05, 0) is 142 Å². The number of nitrogens with one attached hydrogen (secondary N) is 2. The van der Waals surface area contributed by atoms with Crippen molar-refractivity contribution in [1.29, 1.82) is 0 Å². The van der Waals surface area contributed by atoms with Crippen LogP contribution < -0.4 is 15.4 Å². The number of amides is 2. The van der Waals surface area contributed by atoms with Gasteiger partial charge in [0.2, 0.25) is 0 Å². The van der Waals surface area contributed by atoms with Crippen molar-refractivity contribution in [3.63, 3.8) is 0 Å². The van der Waals surface area contributed by atoms with Gasteiger partial charge in [-0.1, -0.05) is 0 Å². The molecule has 0 atom stereocenters. The molecule has 4 rings (SSSR count).